The first-order valence-electron chi connectivity index (χ1n) is 4.27. The number of fused-ring (bicyclic) bond motifs is 1. The minimum absolute atomic E-state index is 0.0833. The Bertz CT molecular complexity index is 483. The lowest BCUT2D eigenvalue weighted by molar-refractivity contribution is -0.137. The van der Waals surface area contributed by atoms with Gasteiger partial charge in [-0.1, -0.05) is 11.6 Å². The van der Waals surface area contributed by atoms with Gasteiger partial charge in [-0.3, -0.25) is 0 Å². The van der Waals surface area contributed by atoms with Gasteiger partial charge in [-0.25, -0.2) is 4.79 Å². The standard InChI is InChI=1S/C9H8ClNO3S2/c1-11-6(9(13)14-2)7(12)8-4(16-11)3-5(10)15-8/h3,12H,1-2H3. The molecule has 1 aromatic heterocycles. The Balaban J connectivity index is 2.55. The molecule has 4 nitrogen and oxygen atoms in total. The van der Waals surface area contributed by atoms with Crippen LogP contribution in [0.15, 0.2) is 16.7 Å². The topological polar surface area (TPSA) is 49.8 Å². The van der Waals surface area contributed by atoms with Crippen molar-refractivity contribution >= 4 is 46.6 Å². The summed E-state index contributed by atoms with van der Waals surface area (Å²) in [4.78, 5) is 12.9. The van der Waals surface area contributed by atoms with Crippen LogP contribution in [-0.4, -0.2) is 29.5 Å². The number of rotatable bonds is 1. The number of halogens is 1. The largest absolute Gasteiger partial charge is 0.504 e. The molecular weight excluding hydrogens is 270 g/mol. The summed E-state index contributed by atoms with van der Waals surface area (Å²) in [6, 6.07) is 1.76. The molecule has 0 aromatic carbocycles. The lowest BCUT2D eigenvalue weighted by atomic mass is 10.3. The second-order valence-electron chi connectivity index (χ2n) is 3.02. The second-order valence-corrected chi connectivity index (χ2v) is 5.88. The Morgan fingerprint density at radius 3 is 2.94 bits per heavy atom. The molecule has 7 heteroatoms. The number of aliphatic hydroxyl groups excluding tert-OH is 1. The van der Waals surface area contributed by atoms with Crippen LogP contribution in [0.3, 0.4) is 0 Å². The van der Waals surface area contributed by atoms with Crippen LogP contribution in [0.25, 0.3) is 5.76 Å². The third-order valence-electron chi connectivity index (χ3n) is 2.04. The summed E-state index contributed by atoms with van der Waals surface area (Å²) < 4.78 is 6.75. The number of methoxy groups -OCH3 is 1. The van der Waals surface area contributed by atoms with Crippen LogP contribution >= 0.6 is 34.9 Å². The zero-order valence-corrected chi connectivity index (χ0v) is 10.9. The average molecular weight is 278 g/mol. The van der Waals surface area contributed by atoms with Crippen molar-refractivity contribution in [1.82, 2.24) is 4.31 Å². The molecule has 0 bridgehead atoms. The third-order valence-corrected chi connectivity index (χ3v) is 4.41. The van der Waals surface area contributed by atoms with E-state index in [0.29, 0.717) is 9.21 Å². The van der Waals surface area contributed by atoms with E-state index in [1.807, 2.05) is 0 Å². The number of likely N-dealkylation sites (N-methyl/N-ethyl adjacent to an activating group) is 1. The summed E-state index contributed by atoms with van der Waals surface area (Å²) in [5.41, 5.74) is 0.138. The van der Waals surface area contributed by atoms with Crippen molar-refractivity contribution in [2.24, 2.45) is 0 Å². The first-order chi connectivity index (χ1) is 7.54. The minimum atomic E-state index is -0.567. The summed E-state index contributed by atoms with van der Waals surface area (Å²) in [6.45, 7) is 0. The normalized spacial score (nSPS) is 15.1. The third kappa shape index (κ3) is 1.77. The van der Waals surface area contributed by atoms with Gasteiger partial charge in [0.1, 0.15) is 0 Å². The predicted octanol–water partition coefficient (Wildman–Crippen LogP) is 2.75. The van der Waals surface area contributed by atoms with Gasteiger partial charge in [0.25, 0.3) is 0 Å². The van der Waals surface area contributed by atoms with E-state index in [-0.39, 0.29) is 11.5 Å². The molecule has 0 atom stereocenters. The number of aliphatic hydroxyl groups is 1. The molecule has 0 unspecified atom stereocenters. The molecule has 16 heavy (non-hydrogen) atoms. The van der Waals surface area contributed by atoms with Crippen LogP contribution in [0.2, 0.25) is 4.34 Å². The van der Waals surface area contributed by atoms with Crippen LogP contribution in [0, 0.1) is 0 Å². The molecule has 0 spiro atoms. The van der Waals surface area contributed by atoms with Crippen molar-refractivity contribution in [2.75, 3.05) is 14.2 Å². The number of nitrogens with zero attached hydrogens (tertiary/aromatic N) is 1. The summed E-state index contributed by atoms with van der Waals surface area (Å²) >= 11 is 8.42. The molecule has 0 radical (unpaired) electrons. The van der Waals surface area contributed by atoms with E-state index in [1.54, 1.807) is 17.4 Å². The smallest absolute Gasteiger partial charge is 0.359 e. The van der Waals surface area contributed by atoms with Gasteiger partial charge >= 0.3 is 5.97 Å². The quantitative estimate of drug-likeness (QED) is 0.632. The SMILES string of the molecule is COC(=O)C1=C(O)c2sc(Cl)cc2SN1C. The predicted molar refractivity (Wildman–Crippen MR) is 64.5 cm³/mol. The van der Waals surface area contributed by atoms with Crippen molar-refractivity contribution < 1.29 is 14.6 Å². The van der Waals surface area contributed by atoms with Crippen LogP contribution in [0.4, 0.5) is 0 Å². The molecule has 2 rings (SSSR count). The molecule has 1 N–H and O–H groups in total. The first-order valence-corrected chi connectivity index (χ1v) is 6.24. The number of esters is 1. The van der Waals surface area contributed by atoms with Crippen molar-refractivity contribution in [2.45, 2.75) is 4.90 Å². The maximum Gasteiger partial charge on any atom is 0.359 e. The van der Waals surface area contributed by atoms with Gasteiger partial charge in [0.05, 0.1) is 21.2 Å². The van der Waals surface area contributed by atoms with Crippen molar-refractivity contribution in [3.63, 3.8) is 0 Å². The first kappa shape index (κ1) is 11.6. The highest BCUT2D eigenvalue weighted by Crippen LogP contribution is 2.44. The van der Waals surface area contributed by atoms with Crippen molar-refractivity contribution in [1.29, 1.82) is 0 Å². The number of carbonyl (C=O) groups excluding carboxylic acids is 1. The molecule has 0 amide bonds. The van der Waals surface area contributed by atoms with E-state index in [2.05, 4.69) is 4.74 Å². The molecule has 1 aliphatic rings. The zero-order valence-electron chi connectivity index (χ0n) is 8.48. The fraction of sp³-hybridized carbons (Fsp3) is 0.222. The Morgan fingerprint density at radius 2 is 2.31 bits per heavy atom. The lowest BCUT2D eigenvalue weighted by Crippen LogP contribution is -2.22. The Kier molecular flexibility index (Phi) is 3.05. The maximum atomic E-state index is 11.5. The second kappa shape index (κ2) is 4.20. The van der Waals surface area contributed by atoms with Crippen molar-refractivity contribution in [3.8, 4) is 0 Å². The molecule has 1 aliphatic heterocycles. The van der Waals surface area contributed by atoms with Crippen LogP contribution in [0.5, 0.6) is 0 Å². The van der Waals surface area contributed by atoms with E-state index in [0.717, 1.165) is 4.90 Å². The Hall–Kier alpha value is -0.850. The van der Waals surface area contributed by atoms with E-state index in [1.165, 1.54) is 30.4 Å². The molecule has 86 valence electrons. The number of hydrogen-bond donors (Lipinski definition) is 1. The number of hydrogen-bond acceptors (Lipinski definition) is 6. The highest BCUT2D eigenvalue weighted by molar-refractivity contribution is 7.97. The summed E-state index contributed by atoms with van der Waals surface area (Å²) in [6.07, 6.45) is 0. The van der Waals surface area contributed by atoms with E-state index in [9.17, 15) is 9.90 Å². The van der Waals surface area contributed by atoms with Gasteiger partial charge in [-0.15, -0.1) is 11.3 Å². The summed E-state index contributed by atoms with van der Waals surface area (Å²) in [7, 11) is 2.96. The number of thiophene rings is 1. The Labute approximate surface area is 106 Å². The zero-order chi connectivity index (χ0) is 11.9. The fourth-order valence-corrected chi connectivity index (χ4v) is 3.69. The van der Waals surface area contributed by atoms with Gasteiger partial charge < -0.3 is 14.1 Å². The molecule has 1 aromatic rings. The van der Waals surface area contributed by atoms with Gasteiger partial charge in [-0.05, 0) is 18.0 Å². The summed E-state index contributed by atoms with van der Waals surface area (Å²) in [5, 5.41) is 9.98. The van der Waals surface area contributed by atoms with Gasteiger partial charge in [0, 0.05) is 7.05 Å². The van der Waals surface area contributed by atoms with Gasteiger partial charge in [0.15, 0.2) is 11.5 Å². The maximum absolute atomic E-state index is 11.5. The van der Waals surface area contributed by atoms with Gasteiger partial charge in [-0.2, -0.15) is 0 Å². The minimum Gasteiger partial charge on any atom is -0.504 e. The van der Waals surface area contributed by atoms with Crippen LogP contribution in [0.1, 0.15) is 4.88 Å². The number of carbonyl (C=O) groups is 1. The number of ether oxygens (including phenoxy) is 1. The Morgan fingerprint density at radius 1 is 1.62 bits per heavy atom. The van der Waals surface area contributed by atoms with Crippen LogP contribution < -0.4 is 0 Å². The van der Waals surface area contributed by atoms with Gasteiger partial charge in [0.2, 0.25) is 0 Å². The molecular formula is C9H8ClNO3S2. The molecule has 0 aliphatic carbocycles. The van der Waals surface area contributed by atoms with E-state index in [4.69, 9.17) is 11.6 Å². The van der Waals surface area contributed by atoms with E-state index < -0.39 is 5.97 Å². The highest BCUT2D eigenvalue weighted by Gasteiger charge is 2.30. The summed E-state index contributed by atoms with van der Waals surface area (Å²) in [5.74, 6) is -0.650. The monoisotopic (exact) mass is 277 g/mol. The fourth-order valence-electron chi connectivity index (χ4n) is 1.35. The lowest BCUT2D eigenvalue weighted by Gasteiger charge is -2.24. The average Bonchev–Trinajstić information content (AvgIpc) is 2.58. The molecule has 2 heterocycles. The van der Waals surface area contributed by atoms with E-state index >= 15 is 0 Å². The molecule has 0 saturated carbocycles. The molecule has 0 fully saturated rings. The van der Waals surface area contributed by atoms with Crippen molar-refractivity contribution in [3.05, 3.63) is 21.0 Å². The van der Waals surface area contributed by atoms with Crippen LogP contribution in [-0.2, 0) is 9.53 Å². The highest BCUT2D eigenvalue weighted by atomic mass is 35.5. The molecule has 0 saturated heterocycles.